The van der Waals surface area contributed by atoms with Crippen LogP contribution in [0.4, 0.5) is 0 Å². The van der Waals surface area contributed by atoms with E-state index in [1.54, 1.807) is 0 Å². The standard InChI is InChI=1S/C47H52Cl2N8O3/c48-35-5-3-31(41-23-29-21-27(1-7-39(29)54-41)37(50)9-11-56-13-17-59-18-14-56)43-33(35)25-52-45(43)47(58)46-44-32(4-6-36(49)34(44)26-53-46)42-24-30-22-28(2-8-40(30)55-42)38(51)10-12-57-15-19-60-20-16-57/h1-8,21-24,37-38,45-46,52-55H,9-20,25-26,50-51H2. The number of benzene rings is 4. The van der Waals surface area contributed by atoms with Crippen LogP contribution in [0.5, 0.6) is 0 Å². The molecule has 4 atom stereocenters. The van der Waals surface area contributed by atoms with Crippen LogP contribution in [-0.2, 0) is 27.4 Å². The van der Waals surface area contributed by atoms with Crippen molar-refractivity contribution < 1.29 is 14.3 Å². The van der Waals surface area contributed by atoms with Gasteiger partial charge in [-0.3, -0.25) is 25.2 Å². The fourth-order valence-electron chi connectivity index (χ4n) is 9.71. The third kappa shape index (κ3) is 7.70. The van der Waals surface area contributed by atoms with Gasteiger partial charge in [-0.1, -0.05) is 47.5 Å². The summed E-state index contributed by atoms with van der Waals surface area (Å²) in [4.78, 5) is 27.1. The molecule has 2 fully saturated rings. The molecule has 0 aliphatic carbocycles. The van der Waals surface area contributed by atoms with Crippen LogP contribution < -0.4 is 22.1 Å². The minimum atomic E-state index is -0.594. The first-order valence-electron chi connectivity index (χ1n) is 21.3. The van der Waals surface area contributed by atoms with Crippen molar-refractivity contribution in [2.75, 3.05) is 65.7 Å². The maximum absolute atomic E-state index is 15.0. The Morgan fingerprint density at radius 1 is 0.633 bits per heavy atom. The van der Waals surface area contributed by atoms with Crippen LogP contribution in [0, 0.1) is 0 Å². The van der Waals surface area contributed by atoms with Crippen LogP contribution in [0.2, 0.25) is 10.0 Å². The molecule has 312 valence electrons. The zero-order valence-corrected chi connectivity index (χ0v) is 35.2. The average molecular weight is 848 g/mol. The van der Waals surface area contributed by atoms with Crippen molar-refractivity contribution in [3.05, 3.63) is 116 Å². The number of morpholine rings is 2. The molecular weight excluding hydrogens is 795 g/mol. The van der Waals surface area contributed by atoms with Gasteiger partial charge in [0.05, 0.1) is 38.5 Å². The maximum Gasteiger partial charge on any atom is 0.175 e. The molecule has 4 aliphatic rings. The SMILES string of the molecule is NC(CCN1CCOCC1)c1ccc2[nH]c(-c3ccc(Cl)c4c3C(C(=O)C3NCc5c(Cl)ccc(-c6cc7cc(C(N)CCN8CCOCC8)ccc7[nH]6)c53)NC4)cc2c1. The largest absolute Gasteiger partial charge is 0.379 e. The molecule has 2 saturated heterocycles. The summed E-state index contributed by atoms with van der Waals surface area (Å²) in [5, 5.41) is 10.5. The first-order chi connectivity index (χ1) is 29.3. The number of Topliss-reactive ketones (excluding diaryl/α,β-unsaturated/α-hetero) is 1. The molecule has 4 aromatic carbocycles. The van der Waals surface area contributed by atoms with E-state index in [2.05, 4.69) is 78.9 Å². The van der Waals surface area contributed by atoms with Crippen LogP contribution in [0.25, 0.3) is 44.3 Å². The van der Waals surface area contributed by atoms with Gasteiger partial charge in [-0.05, 0) is 94.8 Å². The number of nitrogens with zero attached hydrogens (tertiary/aromatic N) is 2. The lowest BCUT2D eigenvalue weighted by Gasteiger charge is -2.27. The minimum absolute atomic E-state index is 0.0220. The number of H-pyrrole nitrogens is 2. The molecule has 8 N–H and O–H groups in total. The molecule has 0 amide bonds. The molecule has 0 bridgehead atoms. The highest BCUT2D eigenvalue weighted by molar-refractivity contribution is 6.32. The first kappa shape index (κ1) is 40.0. The molecule has 0 spiro atoms. The van der Waals surface area contributed by atoms with Crippen molar-refractivity contribution in [1.82, 2.24) is 30.4 Å². The van der Waals surface area contributed by atoms with Crippen molar-refractivity contribution in [2.24, 2.45) is 11.5 Å². The highest BCUT2D eigenvalue weighted by Gasteiger charge is 2.41. The number of hydrogen-bond donors (Lipinski definition) is 6. The van der Waals surface area contributed by atoms with Crippen molar-refractivity contribution in [1.29, 1.82) is 0 Å². The van der Waals surface area contributed by atoms with Gasteiger partial charge in [0.1, 0.15) is 0 Å². The lowest BCUT2D eigenvalue weighted by molar-refractivity contribution is -0.123. The maximum atomic E-state index is 15.0. The Kier molecular flexibility index (Phi) is 11.3. The van der Waals surface area contributed by atoms with E-state index < -0.39 is 12.1 Å². The number of carbonyl (C=O) groups is 1. The van der Waals surface area contributed by atoms with Crippen LogP contribution in [-0.4, -0.2) is 91.2 Å². The van der Waals surface area contributed by atoms with Gasteiger partial charge in [-0.2, -0.15) is 0 Å². The lowest BCUT2D eigenvalue weighted by Crippen LogP contribution is -2.37. The van der Waals surface area contributed by atoms with Crippen molar-refractivity contribution in [3.63, 3.8) is 0 Å². The van der Waals surface area contributed by atoms with Gasteiger partial charge in [0.2, 0.25) is 0 Å². The Bertz CT molecular complexity index is 2390. The molecule has 10 rings (SSSR count). The molecule has 4 aliphatic heterocycles. The molecule has 0 radical (unpaired) electrons. The number of nitrogens with one attached hydrogen (secondary N) is 4. The molecule has 4 unspecified atom stereocenters. The van der Waals surface area contributed by atoms with Gasteiger partial charge >= 0.3 is 0 Å². The molecule has 60 heavy (non-hydrogen) atoms. The summed E-state index contributed by atoms with van der Waals surface area (Å²) in [5.74, 6) is 0.0220. The monoisotopic (exact) mass is 846 g/mol. The number of aromatic amines is 2. The summed E-state index contributed by atoms with van der Waals surface area (Å²) in [5.41, 5.74) is 25.2. The van der Waals surface area contributed by atoms with Gasteiger partial charge in [0.15, 0.2) is 5.78 Å². The lowest BCUT2D eigenvalue weighted by atomic mass is 9.87. The van der Waals surface area contributed by atoms with E-state index in [4.69, 9.17) is 44.1 Å². The number of hydrogen-bond acceptors (Lipinski definition) is 9. The highest BCUT2D eigenvalue weighted by Crippen LogP contribution is 2.45. The van der Waals surface area contributed by atoms with Gasteiger partial charge in [-0.15, -0.1) is 0 Å². The number of rotatable bonds is 12. The number of halogens is 2. The fourth-order valence-corrected chi connectivity index (χ4v) is 10.2. The van der Waals surface area contributed by atoms with E-state index in [1.807, 2.05) is 24.3 Å². The second-order valence-corrected chi connectivity index (χ2v) is 17.6. The normalized spacial score (nSPS) is 20.8. The number of ether oxygens (including phenoxy) is 2. The quantitative estimate of drug-likeness (QED) is 0.0747. The third-order valence-corrected chi connectivity index (χ3v) is 13.9. The number of aromatic nitrogens is 2. The Morgan fingerprint density at radius 2 is 1.07 bits per heavy atom. The Morgan fingerprint density at radius 3 is 1.50 bits per heavy atom. The van der Waals surface area contributed by atoms with Gasteiger partial charge < -0.3 is 30.9 Å². The van der Waals surface area contributed by atoms with Crippen LogP contribution in [0.15, 0.2) is 72.8 Å². The van der Waals surface area contributed by atoms with E-state index in [9.17, 15) is 0 Å². The summed E-state index contributed by atoms with van der Waals surface area (Å²) in [7, 11) is 0. The second-order valence-electron chi connectivity index (χ2n) is 16.8. The van der Waals surface area contributed by atoms with Crippen LogP contribution in [0.1, 0.15) is 70.4 Å². The molecule has 6 aromatic rings. The topological polar surface area (TPSA) is 150 Å². The predicted molar refractivity (Wildman–Crippen MR) is 239 cm³/mol. The Hall–Kier alpha value is -4.11. The van der Waals surface area contributed by atoms with Crippen molar-refractivity contribution >= 4 is 50.8 Å². The average Bonchev–Trinajstić information content (AvgIpc) is 4.10. The summed E-state index contributed by atoms with van der Waals surface area (Å²) < 4.78 is 11.0. The van der Waals surface area contributed by atoms with Crippen LogP contribution >= 0.6 is 23.2 Å². The number of nitrogens with two attached hydrogens (primary N) is 2. The Balaban J connectivity index is 0.920. The summed E-state index contributed by atoms with van der Waals surface area (Å²) >= 11 is 13.7. The number of fused-ring (bicyclic) bond motifs is 4. The zero-order valence-electron chi connectivity index (χ0n) is 33.7. The second kappa shape index (κ2) is 17.0. The molecule has 2 aromatic heterocycles. The summed E-state index contributed by atoms with van der Waals surface area (Å²) in [6, 6.07) is 23.7. The van der Waals surface area contributed by atoms with Gasteiger partial charge in [-0.25, -0.2) is 0 Å². The zero-order chi connectivity index (χ0) is 40.9. The van der Waals surface area contributed by atoms with Crippen LogP contribution in [0.3, 0.4) is 0 Å². The van der Waals surface area contributed by atoms with Gasteiger partial charge in [0, 0.05) is 119 Å². The van der Waals surface area contributed by atoms with Crippen molar-refractivity contribution in [2.45, 2.75) is 50.1 Å². The summed E-state index contributed by atoms with van der Waals surface area (Å²) in [6.45, 7) is 9.79. The molecule has 0 saturated carbocycles. The molecular formula is C47H52Cl2N8O3. The van der Waals surface area contributed by atoms with E-state index in [-0.39, 0.29) is 17.9 Å². The van der Waals surface area contributed by atoms with E-state index in [0.29, 0.717) is 23.1 Å². The first-order valence-corrected chi connectivity index (χ1v) is 22.0. The smallest absolute Gasteiger partial charge is 0.175 e. The van der Waals surface area contributed by atoms with Gasteiger partial charge in [0.25, 0.3) is 0 Å². The highest BCUT2D eigenvalue weighted by atomic mass is 35.5. The number of carbonyl (C=O) groups excluding carboxylic acids is 1. The predicted octanol–water partition coefficient (Wildman–Crippen LogP) is 7.29. The molecule has 13 heteroatoms. The Labute approximate surface area is 360 Å². The van der Waals surface area contributed by atoms with E-state index in [1.165, 1.54) is 0 Å². The minimum Gasteiger partial charge on any atom is -0.379 e. The van der Waals surface area contributed by atoms with E-state index >= 15 is 4.79 Å². The van der Waals surface area contributed by atoms with E-state index in [0.717, 1.165) is 156 Å². The molecule has 6 heterocycles. The van der Waals surface area contributed by atoms with Crippen molar-refractivity contribution in [3.8, 4) is 22.5 Å². The summed E-state index contributed by atoms with van der Waals surface area (Å²) in [6.07, 6.45) is 1.75. The molecule has 11 nitrogen and oxygen atoms in total. The fraction of sp³-hybridized carbons (Fsp3) is 0.383. The number of ketones is 1. The third-order valence-electron chi connectivity index (χ3n) is 13.2.